The third kappa shape index (κ3) is 1.14. The van der Waals surface area contributed by atoms with Crippen LogP contribution in [-0.4, -0.2) is 22.7 Å². The van der Waals surface area contributed by atoms with Gasteiger partial charge in [-0.05, 0) is 6.08 Å². The maximum atomic E-state index is 11.0. The molecule has 1 heterocycles. The number of carbonyl (C=O) groups is 2. The summed E-state index contributed by atoms with van der Waals surface area (Å²) in [5.41, 5.74) is 2.89. The van der Waals surface area contributed by atoms with Crippen molar-refractivity contribution in [2.24, 2.45) is 11.0 Å². The molecule has 1 amide bonds. The van der Waals surface area contributed by atoms with Crippen molar-refractivity contribution in [1.29, 1.82) is 0 Å². The molecule has 2 N–H and O–H groups in total. The van der Waals surface area contributed by atoms with Gasteiger partial charge in [0.2, 0.25) is 0 Å². The molecule has 1 atom stereocenters. The second-order valence-corrected chi connectivity index (χ2v) is 2.75. The predicted octanol–water partition coefficient (Wildman–Crippen LogP) is -0.331. The van der Waals surface area contributed by atoms with Crippen LogP contribution in [0.4, 0.5) is 0 Å². The summed E-state index contributed by atoms with van der Waals surface area (Å²) in [7, 11) is 0. The van der Waals surface area contributed by atoms with Crippen molar-refractivity contribution in [3.8, 4) is 0 Å². The van der Waals surface area contributed by atoms with Crippen molar-refractivity contribution in [3.63, 3.8) is 0 Å². The Morgan fingerprint density at radius 3 is 3.08 bits per heavy atom. The average Bonchev–Trinajstić information content (AvgIpc) is 2.47. The fourth-order valence-electron chi connectivity index (χ4n) is 1.24. The summed E-state index contributed by atoms with van der Waals surface area (Å²) in [4.78, 5) is 21.6. The highest BCUT2D eigenvalue weighted by Gasteiger charge is 2.29. The number of hydrazone groups is 1. The predicted molar refractivity (Wildman–Crippen MR) is 43.9 cm³/mol. The van der Waals surface area contributed by atoms with E-state index in [2.05, 4.69) is 10.5 Å². The van der Waals surface area contributed by atoms with Gasteiger partial charge in [-0.25, -0.2) is 10.2 Å². The first-order chi connectivity index (χ1) is 6.18. The zero-order valence-corrected chi connectivity index (χ0v) is 6.52. The van der Waals surface area contributed by atoms with Gasteiger partial charge in [0.15, 0.2) is 0 Å². The number of hydrogen-bond acceptors (Lipinski definition) is 3. The smallest absolute Gasteiger partial charge is 0.335 e. The van der Waals surface area contributed by atoms with E-state index in [0.717, 1.165) is 0 Å². The van der Waals surface area contributed by atoms with E-state index < -0.39 is 11.9 Å². The lowest BCUT2D eigenvalue weighted by molar-refractivity contribution is -0.132. The normalized spacial score (nSPS) is 24.6. The monoisotopic (exact) mass is 178 g/mol. The van der Waals surface area contributed by atoms with Crippen LogP contribution in [0.15, 0.2) is 28.9 Å². The summed E-state index contributed by atoms with van der Waals surface area (Å²) in [6.45, 7) is 0. The Kier molecular flexibility index (Phi) is 1.51. The second-order valence-electron chi connectivity index (χ2n) is 2.75. The van der Waals surface area contributed by atoms with E-state index in [-0.39, 0.29) is 11.5 Å². The molecule has 0 radical (unpaired) electrons. The van der Waals surface area contributed by atoms with Gasteiger partial charge in [-0.2, -0.15) is 5.10 Å². The molecule has 1 unspecified atom stereocenters. The van der Waals surface area contributed by atoms with Gasteiger partial charge < -0.3 is 5.11 Å². The number of aliphatic carboxylic acids is 1. The van der Waals surface area contributed by atoms with Crippen LogP contribution in [0.3, 0.4) is 0 Å². The molecule has 5 heteroatoms. The minimum atomic E-state index is -1.02. The number of carboxylic acids is 1. The van der Waals surface area contributed by atoms with Gasteiger partial charge in [-0.15, -0.1) is 0 Å². The molecular formula is C8H6N2O3. The maximum Gasteiger partial charge on any atom is 0.335 e. The highest BCUT2D eigenvalue weighted by molar-refractivity contribution is 6.18. The molecule has 1 aliphatic carbocycles. The van der Waals surface area contributed by atoms with Gasteiger partial charge >= 0.3 is 5.97 Å². The summed E-state index contributed by atoms with van der Waals surface area (Å²) in [6.07, 6.45) is 4.34. The van der Waals surface area contributed by atoms with Gasteiger partial charge in [0.1, 0.15) is 5.92 Å². The number of carbonyl (C=O) groups excluding carboxylic acids is 1. The lowest BCUT2D eigenvalue weighted by atomic mass is 9.95. The third-order valence-electron chi connectivity index (χ3n) is 1.91. The maximum absolute atomic E-state index is 11.0. The van der Waals surface area contributed by atoms with Crippen LogP contribution in [0.2, 0.25) is 0 Å². The van der Waals surface area contributed by atoms with E-state index >= 15 is 0 Å². The number of hydrogen-bond donors (Lipinski definition) is 2. The molecule has 2 rings (SSSR count). The topological polar surface area (TPSA) is 78.8 Å². The Morgan fingerprint density at radius 2 is 2.38 bits per heavy atom. The quantitative estimate of drug-likeness (QED) is 0.577. The molecule has 0 bridgehead atoms. The van der Waals surface area contributed by atoms with E-state index in [0.29, 0.717) is 5.71 Å². The van der Waals surface area contributed by atoms with E-state index in [4.69, 9.17) is 5.11 Å². The Morgan fingerprint density at radius 1 is 1.62 bits per heavy atom. The van der Waals surface area contributed by atoms with Crippen molar-refractivity contribution in [1.82, 2.24) is 5.43 Å². The van der Waals surface area contributed by atoms with Crippen molar-refractivity contribution >= 4 is 17.6 Å². The first-order valence-corrected chi connectivity index (χ1v) is 3.69. The van der Waals surface area contributed by atoms with Crippen LogP contribution < -0.4 is 5.43 Å². The summed E-state index contributed by atoms with van der Waals surface area (Å²) in [6, 6.07) is 0. The van der Waals surface area contributed by atoms with Gasteiger partial charge in [-0.3, -0.25) is 4.79 Å². The standard InChI is InChI=1S/C8H6N2O3/c11-7-5-2-1-4(8(12)13)3-6(5)9-10-7/h1-3,5H,(H,10,11)(H,12,13). The van der Waals surface area contributed by atoms with Crippen LogP contribution in [0.25, 0.3) is 0 Å². The number of carboxylic acid groups (broad SMARTS) is 1. The van der Waals surface area contributed by atoms with Crippen LogP contribution >= 0.6 is 0 Å². The molecule has 0 saturated carbocycles. The first-order valence-electron chi connectivity index (χ1n) is 3.69. The molecule has 5 nitrogen and oxygen atoms in total. The third-order valence-corrected chi connectivity index (χ3v) is 1.91. The van der Waals surface area contributed by atoms with Gasteiger partial charge in [0.05, 0.1) is 11.3 Å². The van der Waals surface area contributed by atoms with Crippen LogP contribution in [0.5, 0.6) is 0 Å². The van der Waals surface area contributed by atoms with Crippen molar-refractivity contribution in [2.45, 2.75) is 0 Å². The summed E-state index contributed by atoms with van der Waals surface area (Å²) >= 11 is 0. The summed E-state index contributed by atoms with van der Waals surface area (Å²) < 4.78 is 0. The molecule has 0 saturated heterocycles. The fraction of sp³-hybridized carbons (Fsp3) is 0.125. The van der Waals surface area contributed by atoms with E-state index in [9.17, 15) is 9.59 Å². The largest absolute Gasteiger partial charge is 0.478 e. The average molecular weight is 178 g/mol. The molecule has 0 spiro atoms. The summed E-state index contributed by atoms with van der Waals surface area (Å²) in [5.74, 6) is -1.65. The zero-order valence-electron chi connectivity index (χ0n) is 6.52. The molecule has 0 aromatic heterocycles. The number of allylic oxidation sites excluding steroid dienone is 1. The molecule has 0 fully saturated rings. The molecule has 0 aromatic carbocycles. The van der Waals surface area contributed by atoms with Crippen LogP contribution in [0, 0.1) is 5.92 Å². The van der Waals surface area contributed by atoms with Gasteiger partial charge in [0, 0.05) is 0 Å². The highest BCUT2D eigenvalue weighted by Crippen LogP contribution is 2.17. The SMILES string of the molecule is O=C(O)C1=CC2=NNC(=O)C2C=C1. The number of rotatable bonds is 1. The number of fused-ring (bicyclic) bond motifs is 1. The van der Waals surface area contributed by atoms with Gasteiger partial charge in [0.25, 0.3) is 5.91 Å². The van der Waals surface area contributed by atoms with Crippen LogP contribution in [0.1, 0.15) is 0 Å². The van der Waals surface area contributed by atoms with E-state index in [1.165, 1.54) is 18.2 Å². The Bertz CT molecular complexity index is 379. The first kappa shape index (κ1) is 7.72. The second kappa shape index (κ2) is 2.55. The number of nitrogens with one attached hydrogen (secondary N) is 1. The Balaban J connectivity index is 2.35. The lowest BCUT2D eigenvalue weighted by Crippen LogP contribution is -2.22. The molecule has 0 aromatic rings. The molecular weight excluding hydrogens is 172 g/mol. The minimum Gasteiger partial charge on any atom is -0.478 e. The summed E-state index contributed by atoms with van der Waals surface area (Å²) in [5, 5.41) is 12.3. The van der Waals surface area contributed by atoms with E-state index in [1.54, 1.807) is 0 Å². The number of amides is 1. The zero-order chi connectivity index (χ0) is 9.42. The Hall–Kier alpha value is -1.91. The number of nitrogens with zero attached hydrogens (tertiary/aromatic N) is 1. The van der Waals surface area contributed by atoms with Crippen molar-refractivity contribution in [3.05, 3.63) is 23.8 Å². The molecule has 13 heavy (non-hydrogen) atoms. The fourth-order valence-corrected chi connectivity index (χ4v) is 1.24. The van der Waals surface area contributed by atoms with Crippen molar-refractivity contribution in [2.75, 3.05) is 0 Å². The van der Waals surface area contributed by atoms with Crippen LogP contribution in [-0.2, 0) is 9.59 Å². The van der Waals surface area contributed by atoms with E-state index in [1.807, 2.05) is 0 Å². The Labute approximate surface area is 73.4 Å². The molecule has 1 aliphatic heterocycles. The minimum absolute atomic E-state index is 0.145. The highest BCUT2D eigenvalue weighted by atomic mass is 16.4. The molecule has 2 aliphatic rings. The van der Waals surface area contributed by atoms with Crippen molar-refractivity contribution < 1.29 is 14.7 Å². The lowest BCUT2D eigenvalue weighted by Gasteiger charge is -2.07. The molecule has 66 valence electrons. The van der Waals surface area contributed by atoms with Gasteiger partial charge in [-0.1, -0.05) is 12.2 Å².